The summed E-state index contributed by atoms with van der Waals surface area (Å²) in [5.74, 6) is 0.425. The molecule has 0 saturated heterocycles. The SMILES string of the molecule is CC(C)CN(C(=O)CN(C)Cc1ccccc1F)C1CC1. The predicted molar refractivity (Wildman–Crippen MR) is 82.3 cm³/mol. The molecule has 116 valence electrons. The van der Waals surface area contributed by atoms with Crippen LogP contribution in [0.1, 0.15) is 32.3 Å². The van der Waals surface area contributed by atoms with E-state index in [1.807, 2.05) is 22.9 Å². The Morgan fingerprint density at radius 3 is 2.57 bits per heavy atom. The highest BCUT2D eigenvalue weighted by atomic mass is 19.1. The average Bonchev–Trinajstić information content (AvgIpc) is 3.22. The summed E-state index contributed by atoms with van der Waals surface area (Å²) < 4.78 is 13.6. The number of halogens is 1. The summed E-state index contributed by atoms with van der Waals surface area (Å²) in [6, 6.07) is 7.16. The molecule has 1 fully saturated rings. The Hall–Kier alpha value is -1.42. The van der Waals surface area contributed by atoms with Crippen molar-refractivity contribution >= 4 is 5.91 Å². The maximum atomic E-state index is 13.6. The largest absolute Gasteiger partial charge is 0.338 e. The normalized spacial score (nSPS) is 14.8. The number of rotatable bonds is 7. The standard InChI is InChI=1S/C17H25FN2O/c1-13(2)10-20(15-8-9-15)17(21)12-19(3)11-14-6-4-5-7-16(14)18/h4-7,13,15H,8-12H2,1-3H3. The minimum absolute atomic E-state index is 0.157. The van der Waals surface area contributed by atoms with Gasteiger partial charge in [0.2, 0.25) is 5.91 Å². The predicted octanol–water partition coefficient (Wildman–Crippen LogP) is 2.90. The molecule has 0 radical (unpaired) electrons. The second kappa shape index (κ2) is 7.03. The van der Waals surface area contributed by atoms with Crippen LogP contribution in [-0.2, 0) is 11.3 Å². The molecule has 1 aromatic carbocycles. The molecule has 1 aliphatic rings. The highest BCUT2D eigenvalue weighted by Crippen LogP contribution is 2.27. The minimum Gasteiger partial charge on any atom is -0.338 e. The Morgan fingerprint density at radius 2 is 2.00 bits per heavy atom. The molecule has 4 heteroatoms. The average molecular weight is 292 g/mol. The lowest BCUT2D eigenvalue weighted by Gasteiger charge is -2.27. The summed E-state index contributed by atoms with van der Waals surface area (Å²) >= 11 is 0. The molecule has 0 bridgehead atoms. The number of benzene rings is 1. The fraction of sp³-hybridized carbons (Fsp3) is 0.588. The summed E-state index contributed by atoms with van der Waals surface area (Å²) in [4.78, 5) is 16.3. The molecule has 0 heterocycles. The molecule has 1 aliphatic carbocycles. The summed E-state index contributed by atoms with van der Waals surface area (Å²) in [6.45, 7) is 5.88. The lowest BCUT2D eigenvalue weighted by Crippen LogP contribution is -2.42. The number of nitrogens with zero attached hydrogens (tertiary/aromatic N) is 2. The molecule has 1 saturated carbocycles. The van der Waals surface area contributed by atoms with Crippen LogP contribution >= 0.6 is 0 Å². The first kappa shape index (κ1) is 16.0. The van der Waals surface area contributed by atoms with Gasteiger partial charge in [0.1, 0.15) is 5.82 Å². The van der Waals surface area contributed by atoms with Crippen LogP contribution in [0.4, 0.5) is 4.39 Å². The molecular weight excluding hydrogens is 267 g/mol. The molecule has 0 aliphatic heterocycles. The van der Waals surface area contributed by atoms with Gasteiger partial charge in [0.05, 0.1) is 6.54 Å². The lowest BCUT2D eigenvalue weighted by molar-refractivity contribution is -0.133. The minimum atomic E-state index is -0.210. The van der Waals surface area contributed by atoms with Crippen LogP contribution in [0.15, 0.2) is 24.3 Å². The summed E-state index contributed by atoms with van der Waals surface area (Å²) in [5.41, 5.74) is 0.634. The van der Waals surface area contributed by atoms with Gasteiger partial charge in [0.25, 0.3) is 0 Å². The van der Waals surface area contributed by atoms with Crippen LogP contribution in [0.5, 0.6) is 0 Å². The van der Waals surface area contributed by atoms with Crippen molar-refractivity contribution in [3.05, 3.63) is 35.6 Å². The van der Waals surface area contributed by atoms with E-state index in [1.54, 1.807) is 12.1 Å². The van der Waals surface area contributed by atoms with Gasteiger partial charge in [-0.15, -0.1) is 0 Å². The van der Waals surface area contributed by atoms with Crippen molar-refractivity contribution in [1.29, 1.82) is 0 Å². The van der Waals surface area contributed by atoms with Gasteiger partial charge in [0, 0.05) is 24.7 Å². The van der Waals surface area contributed by atoms with Crippen LogP contribution in [0.2, 0.25) is 0 Å². The molecule has 1 amide bonds. The van der Waals surface area contributed by atoms with E-state index >= 15 is 0 Å². The monoisotopic (exact) mass is 292 g/mol. The molecule has 1 aromatic rings. The topological polar surface area (TPSA) is 23.6 Å². The molecule has 0 unspecified atom stereocenters. The number of hydrogen-bond donors (Lipinski definition) is 0. The third-order valence-corrected chi connectivity index (χ3v) is 3.67. The van der Waals surface area contributed by atoms with Crippen LogP contribution in [0, 0.1) is 11.7 Å². The second-order valence-electron chi connectivity index (χ2n) is 6.43. The summed E-state index contributed by atoms with van der Waals surface area (Å²) in [6.07, 6.45) is 2.24. The fourth-order valence-electron chi connectivity index (χ4n) is 2.53. The van der Waals surface area contributed by atoms with E-state index in [-0.39, 0.29) is 11.7 Å². The third kappa shape index (κ3) is 4.81. The summed E-state index contributed by atoms with van der Waals surface area (Å²) in [7, 11) is 1.87. The molecule has 2 rings (SSSR count). The van der Waals surface area contributed by atoms with Crippen molar-refractivity contribution in [3.63, 3.8) is 0 Å². The van der Waals surface area contributed by atoms with Crippen LogP contribution in [0.25, 0.3) is 0 Å². The first-order valence-electron chi connectivity index (χ1n) is 7.68. The highest BCUT2D eigenvalue weighted by Gasteiger charge is 2.32. The number of carbonyl (C=O) groups excluding carboxylic acids is 1. The van der Waals surface area contributed by atoms with Gasteiger partial charge in [-0.1, -0.05) is 32.0 Å². The van der Waals surface area contributed by atoms with Crippen LogP contribution in [0.3, 0.4) is 0 Å². The van der Waals surface area contributed by atoms with Gasteiger partial charge in [-0.2, -0.15) is 0 Å². The second-order valence-corrected chi connectivity index (χ2v) is 6.43. The van der Waals surface area contributed by atoms with E-state index in [0.717, 1.165) is 19.4 Å². The smallest absolute Gasteiger partial charge is 0.237 e. The number of likely N-dealkylation sites (N-methyl/N-ethyl adjacent to an activating group) is 1. The van der Waals surface area contributed by atoms with E-state index < -0.39 is 0 Å². The molecule has 0 aromatic heterocycles. The Kier molecular flexibility index (Phi) is 5.34. The van der Waals surface area contributed by atoms with E-state index in [1.165, 1.54) is 6.07 Å². The molecule has 0 N–H and O–H groups in total. The van der Waals surface area contributed by atoms with Crippen molar-refractivity contribution in [2.24, 2.45) is 5.92 Å². The quantitative estimate of drug-likeness (QED) is 0.771. The zero-order valence-electron chi connectivity index (χ0n) is 13.2. The zero-order valence-corrected chi connectivity index (χ0v) is 13.2. The van der Waals surface area contributed by atoms with Gasteiger partial charge >= 0.3 is 0 Å². The lowest BCUT2D eigenvalue weighted by atomic mass is 10.2. The first-order valence-corrected chi connectivity index (χ1v) is 7.68. The van der Waals surface area contributed by atoms with Crippen LogP contribution < -0.4 is 0 Å². The molecule has 0 atom stereocenters. The highest BCUT2D eigenvalue weighted by molar-refractivity contribution is 5.79. The molecular formula is C17H25FN2O. The van der Waals surface area contributed by atoms with Crippen molar-refractivity contribution in [2.45, 2.75) is 39.3 Å². The van der Waals surface area contributed by atoms with Crippen molar-refractivity contribution in [3.8, 4) is 0 Å². The van der Waals surface area contributed by atoms with Crippen LogP contribution in [-0.4, -0.2) is 41.9 Å². The van der Waals surface area contributed by atoms with E-state index in [2.05, 4.69) is 13.8 Å². The molecule has 3 nitrogen and oxygen atoms in total. The number of amides is 1. The fourth-order valence-corrected chi connectivity index (χ4v) is 2.53. The number of hydrogen-bond acceptors (Lipinski definition) is 2. The van der Waals surface area contributed by atoms with Crippen molar-refractivity contribution in [1.82, 2.24) is 9.80 Å². The third-order valence-electron chi connectivity index (χ3n) is 3.67. The summed E-state index contributed by atoms with van der Waals surface area (Å²) in [5, 5.41) is 0. The van der Waals surface area contributed by atoms with Gasteiger partial charge in [-0.05, 0) is 31.9 Å². The van der Waals surface area contributed by atoms with E-state index in [0.29, 0.717) is 30.6 Å². The maximum absolute atomic E-state index is 13.6. The van der Waals surface area contributed by atoms with Crippen molar-refractivity contribution in [2.75, 3.05) is 20.1 Å². The van der Waals surface area contributed by atoms with Gasteiger partial charge in [-0.3, -0.25) is 9.69 Å². The number of carbonyl (C=O) groups is 1. The maximum Gasteiger partial charge on any atom is 0.237 e. The van der Waals surface area contributed by atoms with E-state index in [9.17, 15) is 9.18 Å². The molecule has 0 spiro atoms. The van der Waals surface area contributed by atoms with Gasteiger partial charge in [0.15, 0.2) is 0 Å². The van der Waals surface area contributed by atoms with Gasteiger partial charge < -0.3 is 4.90 Å². The Labute approximate surface area is 126 Å². The van der Waals surface area contributed by atoms with Gasteiger partial charge in [-0.25, -0.2) is 4.39 Å². The zero-order chi connectivity index (χ0) is 15.4. The molecule has 21 heavy (non-hydrogen) atoms. The van der Waals surface area contributed by atoms with Crippen molar-refractivity contribution < 1.29 is 9.18 Å². The Morgan fingerprint density at radius 1 is 1.33 bits per heavy atom. The Bertz CT molecular complexity index is 485. The van der Waals surface area contributed by atoms with E-state index in [4.69, 9.17) is 0 Å². The Balaban J connectivity index is 1.90. The first-order chi connectivity index (χ1) is 9.97.